The number of pyridine rings is 1. The number of nitrogens with zero attached hydrogens (tertiary/aromatic N) is 3. The molecule has 0 atom stereocenters. The maximum Gasteiger partial charge on any atom is 0.328 e. The molecular formula is C16H11N3O4. The van der Waals surface area contributed by atoms with Crippen LogP contribution in [0.5, 0.6) is 0 Å². The first-order valence-corrected chi connectivity index (χ1v) is 6.69. The molecule has 0 radical (unpaired) electrons. The molecule has 0 aliphatic heterocycles. The number of aliphatic carboxylic acids is 1. The molecule has 3 rings (SSSR count). The van der Waals surface area contributed by atoms with Crippen LogP contribution in [-0.2, 0) is 4.79 Å². The second-order valence-electron chi connectivity index (χ2n) is 4.76. The molecule has 7 nitrogen and oxygen atoms in total. The molecular weight excluding hydrogens is 298 g/mol. The van der Waals surface area contributed by atoms with Gasteiger partial charge in [0.25, 0.3) is 5.69 Å². The molecule has 0 spiro atoms. The van der Waals surface area contributed by atoms with Crippen molar-refractivity contribution in [2.75, 3.05) is 0 Å². The van der Waals surface area contributed by atoms with Crippen molar-refractivity contribution in [3.8, 4) is 11.4 Å². The summed E-state index contributed by atoms with van der Waals surface area (Å²) in [7, 11) is 0. The molecule has 0 bridgehead atoms. The number of fused-ring (bicyclic) bond motifs is 1. The minimum Gasteiger partial charge on any atom is -0.478 e. The highest BCUT2D eigenvalue weighted by molar-refractivity contribution is 5.87. The topological polar surface area (TPSA) is 97.7 Å². The predicted octanol–water partition coefficient (Wildman–Crippen LogP) is 3.01. The average molecular weight is 309 g/mol. The average Bonchev–Trinajstić information content (AvgIpc) is 2.92. The van der Waals surface area contributed by atoms with Crippen LogP contribution in [0.1, 0.15) is 5.69 Å². The minimum atomic E-state index is -1.07. The summed E-state index contributed by atoms with van der Waals surface area (Å²) < 4.78 is 1.76. The third kappa shape index (κ3) is 2.80. The summed E-state index contributed by atoms with van der Waals surface area (Å²) in [6, 6.07) is 11.6. The van der Waals surface area contributed by atoms with E-state index in [0.29, 0.717) is 22.6 Å². The standard InChI is InChI=1S/C16H11N3O4/c20-15(21)8-7-13-14-6-1-2-9-18(14)16(17-13)11-4-3-5-12(10-11)19(22)23/h1-10H,(H,20,21)/b8-7+. The fourth-order valence-electron chi connectivity index (χ4n) is 2.30. The summed E-state index contributed by atoms with van der Waals surface area (Å²) in [5.74, 6) is -0.562. The third-order valence-corrected chi connectivity index (χ3v) is 3.28. The lowest BCUT2D eigenvalue weighted by atomic mass is 10.2. The summed E-state index contributed by atoms with van der Waals surface area (Å²) in [5, 5.41) is 19.7. The number of hydrogen-bond acceptors (Lipinski definition) is 4. The summed E-state index contributed by atoms with van der Waals surface area (Å²) in [6.45, 7) is 0. The first kappa shape index (κ1) is 14.5. The van der Waals surface area contributed by atoms with E-state index in [-0.39, 0.29) is 5.69 Å². The number of benzene rings is 1. The van der Waals surface area contributed by atoms with Gasteiger partial charge in [0.1, 0.15) is 5.82 Å². The highest BCUT2D eigenvalue weighted by atomic mass is 16.6. The first-order valence-electron chi connectivity index (χ1n) is 6.69. The van der Waals surface area contributed by atoms with Gasteiger partial charge in [-0.25, -0.2) is 9.78 Å². The van der Waals surface area contributed by atoms with Gasteiger partial charge in [-0.15, -0.1) is 0 Å². The molecule has 0 amide bonds. The van der Waals surface area contributed by atoms with Crippen molar-refractivity contribution in [3.63, 3.8) is 0 Å². The maximum absolute atomic E-state index is 10.9. The number of hydrogen-bond donors (Lipinski definition) is 1. The van der Waals surface area contributed by atoms with Crippen LogP contribution in [0.25, 0.3) is 23.0 Å². The van der Waals surface area contributed by atoms with Gasteiger partial charge >= 0.3 is 5.97 Å². The van der Waals surface area contributed by atoms with Crippen LogP contribution in [0.2, 0.25) is 0 Å². The highest BCUT2D eigenvalue weighted by Crippen LogP contribution is 2.26. The van der Waals surface area contributed by atoms with Crippen molar-refractivity contribution in [3.05, 3.63) is 70.5 Å². The van der Waals surface area contributed by atoms with Crippen LogP contribution in [0, 0.1) is 10.1 Å². The van der Waals surface area contributed by atoms with Crippen molar-refractivity contribution in [1.29, 1.82) is 0 Å². The van der Waals surface area contributed by atoms with Crippen molar-refractivity contribution in [1.82, 2.24) is 9.38 Å². The van der Waals surface area contributed by atoms with Crippen LogP contribution >= 0.6 is 0 Å². The third-order valence-electron chi connectivity index (χ3n) is 3.28. The summed E-state index contributed by atoms with van der Waals surface area (Å²) in [6.07, 6.45) is 4.18. The molecule has 114 valence electrons. The molecule has 0 unspecified atom stereocenters. The summed E-state index contributed by atoms with van der Waals surface area (Å²) in [4.78, 5) is 25.6. The largest absolute Gasteiger partial charge is 0.478 e. The van der Waals surface area contributed by atoms with E-state index in [9.17, 15) is 14.9 Å². The van der Waals surface area contributed by atoms with E-state index < -0.39 is 10.9 Å². The highest BCUT2D eigenvalue weighted by Gasteiger charge is 2.13. The van der Waals surface area contributed by atoms with E-state index in [2.05, 4.69) is 4.98 Å². The monoisotopic (exact) mass is 309 g/mol. The number of nitro benzene ring substituents is 1. The normalized spacial score (nSPS) is 11.1. The zero-order valence-electron chi connectivity index (χ0n) is 11.8. The van der Waals surface area contributed by atoms with E-state index in [0.717, 1.165) is 6.08 Å². The molecule has 7 heteroatoms. The van der Waals surface area contributed by atoms with Crippen molar-refractivity contribution < 1.29 is 14.8 Å². The van der Waals surface area contributed by atoms with Gasteiger partial charge in [0.15, 0.2) is 0 Å². The molecule has 1 aromatic carbocycles. The van der Waals surface area contributed by atoms with Gasteiger partial charge in [0.05, 0.1) is 16.1 Å². The van der Waals surface area contributed by atoms with Gasteiger partial charge in [-0.2, -0.15) is 0 Å². The van der Waals surface area contributed by atoms with Crippen LogP contribution in [-0.4, -0.2) is 25.4 Å². The number of aromatic nitrogens is 2. The lowest BCUT2D eigenvalue weighted by Gasteiger charge is -2.01. The smallest absolute Gasteiger partial charge is 0.328 e. The molecule has 0 saturated heterocycles. The van der Waals surface area contributed by atoms with Crippen molar-refractivity contribution >= 4 is 23.2 Å². The molecule has 3 aromatic rings. The van der Waals surface area contributed by atoms with Gasteiger partial charge in [-0.1, -0.05) is 18.2 Å². The van der Waals surface area contributed by atoms with Gasteiger partial charge in [-0.3, -0.25) is 14.5 Å². The molecule has 2 aromatic heterocycles. The Kier molecular flexibility index (Phi) is 3.60. The van der Waals surface area contributed by atoms with Gasteiger partial charge in [-0.05, 0) is 18.2 Å². The Balaban J connectivity index is 2.20. The van der Waals surface area contributed by atoms with E-state index in [1.807, 2.05) is 6.07 Å². The van der Waals surface area contributed by atoms with E-state index >= 15 is 0 Å². The van der Waals surface area contributed by atoms with Crippen LogP contribution in [0.4, 0.5) is 5.69 Å². The predicted molar refractivity (Wildman–Crippen MR) is 84.0 cm³/mol. The number of carbonyl (C=O) groups is 1. The second-order valence-corrected chi connectivity index (χ2v) is 4.76. The number of rotatable bonds is 4. The quantitative estimate of drug-likeness (QED) is 0.454. The fraction of sp³-hybridized carbons (Fsp3) is 0. The molecule has 0 aliphatic rings. The van der Waals surface area contributed by atoms with Crippen LogP contribution in [0.15, 0.2) is 54.7 Å². The lowest BCUT2D eigenvalue weighted by molar-refractivity contribution is -0.384. The molecule has 0 aliphatic carbocycles. The van der Waals surface area contributed by atoms with E-state index in [1.165, 1.54) is 18.2 Å². The van der Waals surface area contributed by atoms with Crippen molar-refractivity contribution in [2.24, 2.45) is 0 Å². The Bertz CT molecular complexity index is 943. The summed E-state index contributed by atoms with van der Waals surface area (Å²) >= 11 is 0. The van der Waals surface area contributed by atoms with E-state index in [1.54, 1.807) is 34.9 Å². The van der Waals surface area contributed by atoms with Crippen LogP contribution < -0.4 is 0 Å². The van der Waals surface area contributed by atoms with Crippen molar-refractivity contribution in [2.45, 2.75) is 0 Å². The number of imidazole rings is 1. The first-order chi connectivity index (χ1) is 11.1. The number of carboxylic acids is 1. The number of nitro groups is 1. The Morgan fingerprint density at radius 3 is 2.83 bits per heavy atom. The molecule has 2 heterocycles. The molecule has 0 saturated carbocycles. The Labute approximate surface area is 130 Å². The Hall–Kier alpha value is -3.48. The number of carboxylic acid groups (broad SMARTS) is 1. The fourth-order valence-corrected chi connectivity index (χ4v) is 2.30. The van der Waals surface area contributed by atoms with Gasteiger partial charge < -0.3 is 5.11 Å². The zero-order valence-corrected chi connectivity index (χ0v) is 11.8. The van der Waals surface area contributed by atoms with Gasteiger partial charge in [0.2, 0.25) is 0 Å². The zero-order chi connectivity index (χ0) is 16.4. The minimum absolute atomic E-state index is 0.0298. The van der Waals surface area contributed by atoms with E-state index in [4.69, 9.17) is 5.11 Å². The van der Waals surface area contributed by atoms with Crippen LogP contribution in [0.3, 0.4) is 0 Å². The molecule has 23 heavy (non-hydrogen) atoms. The molecule has 0 fully saturated rings. The summed E-state index contributed by atoms with van der Waals surface area (Å²) in [5.41, 5.74) is 1.74. The molecule has 1 N–H and O–H groups in total. The lowest BCUT2D eigenvalue weighted by Crippen LogP contribution is -1.91. The second kappa shape index (κ2) is 5.72. The maximum atomic E-state index is 10.9. The Morgan fingerprint density at radius 2 is 2.09 bits per heavy atom. The van der Waals surface area contributed by atoms with Gasteiger partial charge in [0, 0.05) is 30.0 Å². The SMILES string of the molecule is O=C(O)/C=C/c1nc(-c2cccc([N+](=O)[O-])c2)n2ccccc12. The Morgan fingerprint density at radius 1 is 1.26 bits per heavy atom. The number of non-ortho nitro benzene ring substituents is 1.